The number of rotatable bonds is 5. The molecule has 2 atom stereocenters. The second-order valence-corrected chi connectivity index (χ2v) is 10.7. The van der Waals surface area contributed by atoms with Gasteiger partial charge in [0.25, 0.3) is 10.0 Å². The largest absolute Gasteiger partial charge is 0.490 e. The first-order valence-electron chi connectivity index (χ1n) is 11.2. The minimum absolute atomic E-state index is 0.0147. The molecule has 37 heavy (non-hydrogen) atoms. The molecule has 0 saturated carbocycles. The van der Waals surface area contributed by atoms with Crippen molar-refractivity contribution in [2.24, 2.45) is 0 Å². The maximum Gasteiger partial charge on any atom is 0.490 e. The van der Waals surface area contributed by atoms with Crippen LogP contribution < -0.4 is 16.0 Å². The Morgan fingerprint density at radius 1 is 1.19 bits per heavy atom. The van der Waals surface area contributed by atoms with Crippen LogP contribution in [0.2, 0.25) is 5.02 Å². The van der Waals surface area contributed by atoms with Gasteiger partial charge in [-0.1, -0.05) is 11.6 Å². The number of carboxylic acids is 1. The van der Waals surface area contributed by atoms with Crippen molar-refractivity contribution in [1.82, 2.24) is 20.3 Å². The van der Waals surface area contributed by atoms with E-state index in [0.29, 0.717) is 16.1 Å². The number of aliphatic carboxylic acids is 1. The van der Waals surface area contributed by atoms with Crippen LogP contribution >= 0.6 is 11.6 Å². The van der Waals surface area contributed by atoms with Gasteiger partial charge in [0.05, 0.1) is 11.3 Å². The van der Waals surface area contributed by atoms with Crippen molar-refractivity contribution in [2.45, 2.75) is 62.7 Å². The number of nitrogens with one attached hydrogen (secondary N) is 3. The number of nitrogens with zero attached hydrogens (tertiary/aromatic N) is 1. The van der Waals surface area contributed by atoms with E-state index in [1.807, 2.05) is 0 Å². The van der Waals surface area contributed by atoms with Gasteiger partial charge in [-0.25, -0.2) is 13.2 Å². The highest BCUT2D eigenvalue weighted by Crippen LogP contribution is 2.29. The number of sulfonamides is 1. The lowest BCUT2D eigenvalue weighted by molar-refractivity contribution is -0.192. The van der Waals surface area contributed by atoms with E-state index < -0.39 is 34.1 Å². The molecule has 206 valence electrons. The number of aryl methyl sites for hydroxylation is 2. The summed E-state index contributed by atoms with van der Waals surface area (Å²) in [5.74, 6) is -3.64. The Labute approximate surface area is 217 Å². The van der Waals surface area contributed by atoms with Gasteiger partial charge >= 0.3 is 12.1 Å². The van der Waals surface area contributed by atoms with Crippen LogP contribution in [0.15, 0.2) is 29.4 Å². The number of hydrogen-bond donors (Lipinski definition) is 4. The Bertz CT molecular complexity index is 1150. The topological polar surface area (TPSA) is 145 Å². The molecular weight excluding hydrogens is 541 g/mol. The van der Waals surface area contributed by atoms with Crippen LogP contribution in [0.5, 0.6) is 0 Å². The second kappa shape index (κ2) is 12.6. The Hall–Kier alpha value is -2.84. The van der Waals surface area contributed by atoms with Crippen molar-refractivity contribution in [3.8, 4) is 0 Å². The molecule has 15 heteroatoms. The van der Waals surface area contributed by atoms with Gasteiger partial charge in [0, 0.05) is 23.5 Å². The summed E-state index contributed by atoms with van der Waals surface area (Å²) in [5, 5.41) is 16.3. The summed E-state index contributed by atoms with van der Waals surface area (Å²) in [4.78, 5) is 34.1. The normalized spacial score (nSPS) is 20.3. The Kier molecular flexibility index (Phi) is 10.4. The van der Waals surface area contributed by atoms with Crippen LogP contribution in [0.4, 0.5) is 13.2 Å². The average Bonchev–Trinajstić information content (AvgIpc) is 3.05. The smallest absolute Gasteiger partial charge is 0.475 e. The lowest BCUT2D eigenvalue weighted by Crippen LogP contribution is -2.51. The summed E-state index contributed by atoms with van der Waals surface area (Å²) in [6, 6.07) is 1.92. The highest BCUT2D eigenvalue weighted by molar-refractivity contribution is 7.89. The van der Waals surface area contributed by atoms with Gasteiger partial charge in [0.15, 0.2) is 0 Å². The molecule has 2 aliphatic heterocycles. The molecule has 3 rings (SSSR count). The molecule has 2 heterocycles. The van der Waals surface area contributed by atoms with E-state index in [9.17, 15) is 31.2 Å². The van der Waals surface area contributed by atoms with Gasteiger partial charge in [-0.05, 0) is 69.5 Å². The van der Waals surface area contributed by atoms with Gasteiger partial charge in [0.2, 0.25) is 11.8 Å². The van der Waals surface area contributed by atoms with Crippen molar-refractivity contribution in [3.05, 3.63) is 40.7 Å². The number of amides is 2. The van der Waals surface area contributed by atoms with Gasteiger partial charge in [0.1, 0.15) is 6.04 Å². The van der Waals surface area contributed by atoms with Crippen molar-refractivity contribution >= 4 is 39.4 Å². The highest BCUT2D eigenvalue weighted by Gasteiger charge is 2.39. The number of hydrogen-bond acceptors (Lipinski definition) is 6. The van der Waals surface area contributed by atoms with Gasteiger partial charge in [-0.3, -0.25) is 13.9 Å². The average molecular weight is 569 g/mol. The fraction of sp³-hybridized carbons (Fsp3) is 0.500. The molecule has 0 radical (unpaired) electrons. The third-order valence-corrected chi connectivity index (χ3v) is 7.96. The predicted octanol–water partition coefficient (Wildman–Crippen LogP) is 2.20. The maximum atomic E-state index is 13.4. The molecule has 0 aliphatic carbocycles. The van der Waals surface area contributed by atoms with E-state index in [2.05, 4.69) is 16.0 Å². The first kappa shape index (κ1) is 30.4. The summed E-state index contributed by atoms with van der Waals surface area (Å²) in [5.41, 5.74) is 1.08. The lowest BCUT2D eigenvalue weighted by atomic mass is 10.1. The third-order valence-electron chi connectivity index (χ3n) is 5.63. The number of benzene rings is 1. The molecule has 0 aromatic heterocycles. The molecule has 0 bridgehead atoms. The van der Waals surface area contributed by atoms with Crippen LogP contribution in [0.3, 0.4) is 0 Å². The number of carbonyl (C=O) groups excluding carboxylic acids is 2. The van der Waals surface area contributed by atoms with E-state index in [-0.39, 0.29) is 23.3 Å². The molecule has 1 fully saturated rings. The fourth-order valence-corrected chi connectivity index (χ4v) is 5.67. The van der Waals surface area contributed by atoms with E-state index in [4.69, 9.17) is 21.5 Å². The molecule has 10 nitrogen and oxygen atoms in total. The first-order valence-corrected chi connectivity index (χ1v) is 13.0. The third kappa shape index (κ3) is 8.33. The maximum absolute atomic E-state index is 13.4. The Morgan fingerprint density at radius 3 is 2.46 bits per heavy atom. The molecule has 2 aliphatic rings. The number of carbonyl (C=O) groups is 3. The zero-order valence-corrected chi connectivity index (χ0v) is 21.6. The molecule has 1 saturated heterocycles. The number of halogens is 4. The Morgan fingerprint density at radius 2 is 1.84 bits per heavy atom. The summed E-state index contributed by atoms with van der Waals surface area (Å²) < 4.78 is 59.4. The van der Waals surface area contributed by atoms with E-state index in [1.54, 1.807) is 19.9 Å². The molecule has 0 unspecified atom stereocenters. The van der Waals surface area contributed by atoms with Crippen LogP contribution in [0, 0.1) is 13.8 Å². The van der Waals surface area contributed by atoms with E-state index in [0.717, 1.165) is 36.7 Å². The minimum atomic E-state index is -5.08. The summed E-state index contributed by atoms with van der Waals surface area (Å²) >= 11 is 6.10. The summed E-state index contributed by atoms with van der Waals surface area (Å²) in [6.07, 6.45) is -0.191. The minimum Gasteiger partial charge on any atom is -0.475 e. The van der Waals surface area contributed by atoms with Crippen molar-refractivity contribution in [3.63, 3.8) is 0 Å². The molecule has 1 aromatic carbocycles. The van der Waals surface area contributed by atoms with E-state index >= 15 is 0 Å². The van der Waals surface area contributed by atoms with Crippen LogP contribution in [-0.4, -0.2) is 67.0 Å². The molecule has 1 aromatic rings. The van der Waals surface area contributed by atoms with Crippen molar-refractivity contribution in [1.29, 1.82) is 0 Å². The Balaban J connectivity index is 0.000000604. The van der Waals surface area contributed by atoms with Crippen LogP contribution in [0.1, 0.15) is 36.8 Å². The molecule has 0 spiro atoms. The predicted molar refractivity (Wildman–Crippen MR) is 128 cm³/mol. The summed E-state index contributed by atoms with van der Waals surface area (Å²) in [7, 11) is -4.06. The number of carboxylic acid groups (broad SMARTS) is 1. The molecule has 2 amide bonds. The zero-order chi connectivity index (χ0) is 28.0. The SMILES string of the molecule is Cc1cc(S(=O)(=O)N2C=CNC(=O)[C@H]2CC(=O)N[C@@H]2CCCNCC2)c(C)cc1Cl.O=C(O)C(F)(F)F. The first-order chi connectivity index (χ1) is 17.1. The highest BCUT2D eigenvalue weighted by atomic mass is 35.5. The second-order valence-electron chi connectivity index (χ2n) is 8.49. The van der Waals surface area contributed by atoms with Gasteiger partial charge in [-0.15, -0.1) is 0 Å². The van der Waals surface area contributed by atoms with Crippen LogP contribution in [-0.2, 0) is 24.4 Å². The van der Waals surface area contributed by atoms with Crippen LogP contribution in [0.25, 0.3) is 0 Å². The van der Waals surface area contributed by atoms with Crippen molar-refractivity contribution in [2.75, 3.05) is 13.1 Å². The molecule has 4 N–H and O–H groups in total. The zero-order valence-electron chi connectivity index (χ0n) is 20.1. The number of alkyl halides is 3. The molecular formula is C22H28ClF3N4O6S. The van der Waals surface area contributed by atoms with E-state index in [1.165, 1.54) is 18.5 Å². The fourth-order valence-electron chi connectivity index (χ4n) is 3.71. The van der Waals surface area contributed by atoms with Gasteiger partial charge < -0.3 is 21.1 Å². The van der Waals surface area contributed by atoms with Crippen molar-refractivity contribution < 1.29 is 41.1 Å². The standard InChI is InChI=1S/C20H27ClN4O4S.C2HF3O2/c1-13-11-18(14(2)10-16(13)21)30(28,29)25-9-8-23-20(27)17(25)12-19(26)24-15-4-3-6-22-7-5-15;3-2(4,5)1(6)7/h8-11,15,17,22H,3-7,12H2,1-2H3,(H,23,27)(H,24,26);(H,6,7)/t15-,17-;/m1./s1. The quantitative estimate of drug-likeness (QED) is 0.426. The lowest BCUT2D eigenvalue weighted by Gasteiger charge is -2.32. The monoisotopic (exact) mass is 568 g/mol. The summed E-state index contributed by atoms with van der Waals surface area (Å²) in [6.45, 7) is 5.08. The van der Waals surface area contributed by atoms with Gasteiger partial charge in [-0.2, -0.15) is 13.2 Å².